The maximum absolute atomic E-state index is 12.3. The van der Waals surface area contributed by atoms with Crippen molar-refractivity contribution in [2.24, 2.45) is 0 Å². The van der Waals surface area contributed by atoms with Gasteiger partial charge in [0.2, 0.25) is 0 Å². The Balaban J connectivity index is 1.53. The second kappa shape index (κ2) is 8.16. The molecule has 0 aliphatic rings. The molecular weight excluding hydrogens is 429 g/mol. The number of hydrogen-bond donors (Lipinski definition) is 2. The van der Waals surface area contributed by atoms with Crippen LogP contribution in [0.25, 0.3) is 16.7 Å². The molecule has 0 saturated carbocycles. The lowest BCUT2D eigenvalue weighted by Crippen LogP contribution is -2.34. The molecule has 0 saturated heterocycles. The first kappa shape index (κ1) is 19.3. The number of nitrogens with zero attached hydrogens (tertiary/aromatic N) is 3. The normalized spacial score (nSPS) is 10.7. The lowest BCUT2D eigenvalue weighted by atomic mass is 10.2. The Morgan fingerprint density at radius 3 is 2.38 bits per heavy atom. The number of aromatic nitrogens is 3. The van der Waals surface area contributed by atoms with Crippen molar-refractivity contribution >= 4 is 63.2 Å². The number of halogens is 2. The van der Waals surface area contributed by atoms with Gasteiger partial charge in [0.05, 0.1) is 16.4 Å². The second-order valence-corrected chi connectivity index (χ2v) is 7.32. The fraction of sp³-hybridized carbons (Fsp3) is 0. The molecule has 9 heteroatoms. The summed E-state index contributed by atoms with van der Waals surface area (Å²) in [6, 6.07) is 19.5. The van der Waals surface area contributed by atoms with Gasteiger partial charge in [0.1, 0.15) is 11.0 Å². The van der Waals surface area contributed by atoms with Crippen molar-refractivity contribution in [1.82, 2.24) is 20.3 Å². The number of rotatable bonds is 3. The number of carbonyl (C=O) groups is 1. The molecule has 0 bridgehead atoms. The third-order valence-corrected chi connectivity index (χ3v) is 4.77. The molecule has 0 radical (unpaired) electrons. The van der Waals surface area contributed by atoms with Gasteiger partial charge >= 0.3 is 0 Å². The summed E-state index contributed by atoms with van der Waals surface area (Å²) in [5.41, 5.74) is 3.01. The zero-order valence-electron chi connectivity index (χ0n) is 14.8. The van der Waals surface area contributed by atoms with E-state index in [1.807, 2.05) is 30.3 Å². The third-order valence-electron chi connectivity index (χ3n) is 4.02. The number of benzene rings is 3. The van der Waals surface area contributed by atoms with Gasteiger partial charge in [-0.3, -0.25) is 10.1 Å². The zero-order chi connectivity index (χ0) is 20.4. The highest BCUT2D eigenvalue weighted by atomic mass is 35.5. The molecule has 1 heterocycles. The van der Waals surface area contributed by atoms with E-state index >= 15 is 0 Å². The van der Waals surface area contributed by atoms with E-state index < -0.39 is 0 Å². The molecule has 4 aromatic rings. The zero-order valence-corrected chi connectivity index (χ0v) is 17.1. The molecule has 0 spiro atoms. The van der Waals surface area contributed by atoms with Gasteiger partial charge in [0.15, 0.2) is 5.11 Å². The smallest absolute Gasteiger partial charge is 0.257 e. The quantitative estimate of drug-likeness (QED) is 0.444. The monoisotopic (exact) mass is 441 g/mol. The second-order valence-electron chi connectivity index (χ2n) is 6.06. The van der Waals surface area contributed by atoms with Gasteiger partial charge in [-0.15, -0.1) is 10.2 Å². The number of amides is 1. The summed E-state index contributed by atoms with van der Waals surface area (Å²) in [6.45, 7) is 0. The molecule has 2 N–H and O–H groups in total. The fourth-order valence-electron chi connectivity index (χ4n) is 2.67. The van der Waals surface area contributed by atoms with Crippen LogP contribution in [0.2, 0.25) is 10.0 Å². The van der Waals surface area contributed by atoms with E-state index in [2.05, 4.69) is 20.8 Å². The molecule has 0 fully saturated rings. The lowest BCUT2D eigenvalue weighted by Gasteiger charge is -2.11. The van der Waals surface area contributed by atoms with Gasteiger partial charge in [-0.25, -0.2) is 0 Å². The van der Waals surface area contributed by atoms with E-state index in [0.717, 1.165) is 5.69 Å². The van der Waals surface area contributed by atoms with Crippen LogP contribution >= 0.6 is 35.4 Å². The Morgan fingerprint density at radius 2 is 1.66 bits per heavy atom. The van der Waals surface area contributed by atoms with Crippen LogP contribution in [0.1, 0.15) is 10.4 Å². The van der Waals surface area contributed by atoms with Gasteiger partial charge in [0, 0.05) is 10.6 Å². The molecule has 1 aromatic heterocycles. The predicted molar refractivity (Wildman–Crippen MR) is 119 cm³/mol. The number of carbonyl (C=O) groups excluding carboxylic acids is 1. The molecule has 1 amide bonds. The largest absolute Gasteiger partial charge is 0.331 e. The third kappa shape index (κ3) is 4.37. The van der Waals surface area contributed by atoms with Gasteiger partial charge < -0.3 is 5.32 Å². The van der Waals surface area contributed by atoms with E-state index in [1.165, 1.54) is 4.80 Å². The molecule has 6 nitrogen and oxygen atoms in total. The van der Waals surface area contributed by atoms with Crippen LogP contribution in [0.15, 0.2) is 66.7 Å². The van der Waals surface area contributed by atoms with Crippen LogP contribution in [-0.2, 0) is 0 Å². The number of thiocarbonyl (C=S) groups is 1. The van der Waals surface area contributed by atoms with Crippen LogP contribution in [0.5, 0.6) is 0 Å². The van der Waals surface area contributed by atoms with Crippen molar-refractivity contribution in [3.63, 3.8) is 0 Å². The van der Waals surface area contributed by atoms with Crippen LogP contribution < -0.4 is 10.6 Å². The lowest BCUT2D eigenvalue weighted by molar-refractivity contribution is 0.0977. The Hall–Kier alpha value is -3.00. The summed E-state index contributed by atoms with van der Waals surface area (Å²) in [7, 11) is 0. The number of hydrogen-bond acceptors (Lipinski definition) is 4. The Bertz CT molecular complexity index is 1230. The Kier molecular flexibility index (Phi) is 5.44. The van der Waals surface area contributed by atoms with E-state index in [-0.39, 0.29) is 11.0 Å². The maximum atomic E-state index is 12.3. The minimum atomic E-state index is -0.378. The van der Waals surface area contributed by atoms with Crippen LogP contribution in [0, 0.1) is 0 Å². The van der Waals surface area contributed by atoms with Crippen molar-refractivity contribution in [2.45, 2.75) is 0 Å². The van der Waals surface area contributed by atoms with Crippen LogP contribution in [0.4, 0.5) is 5.69 Å². The first-order valence-corrected chi connectivity index (χ1v) is 9.66. The summed E-state index contributed by atoms with van der Waals surface area (Å²) in [4.78, 5) is 13.8. The van der Waals surface area contributed by atoms with Crippen LogP contribution in [-0.4, -0.2) is 26.0 Å². The van der Waals surface area contributed by atoms with Crippen molar-refractivity contribution in [1.29, 1.82) is 0 Å². The number of anilines is 1. The van der Waals surface area contributed by atoms with E-state index in [4.69, 9.17) is 35.4 Å². The highest BCUT2D eigenvalue weighted by molar-refractivity contribution is 7.80. The molecular formula is C20H13Cl2N5OS. The Labute approximate surface area is 181 Å². The van der Waals surface area contributed by atoms with Crippen molar-refractivity contribution in [3.05, 3.63) is 82.3 Å². The topological polar surface area (TPSA) is 71.8 Å². The SMILES string of the molecule is O=C(NC(=S)Nc1cc2nn(-c3ccccc3)nc2cc1Cl)c1cccc(Cl)c1. The summed E-state index contributed by atoms with van der Waals surface area (Å²) in [6.07, 6.45) is 0. The van der Waals surface area contributed by atoms with E-state index in [1.54, 1.807) is 36.4 Å². The average Bonchev–Trinajstić information content (AvgIpc) is 3.11. The first-order valence-electron chi connectivity index (χ1n) is 8.49. The molecule has 3 aromatic carbocycles. The first-order chi connectivity index (χ1) is 14.0. The molecule has 0 aliphatic carbocycles. The van der Waals surface area contributed by atoms with Crippen molar-refractivity contribution < 1.29 is 4.79 Å². The summed E-state index contributed by atoms with van der Waals surface area (Å²) in [5.74, 6) is -0.378. The molecule has 29 heavy (non-hydrogen) atoms. The predicted octanol–water partition coefficient (Wildman–Crippen LogP) is 4.85. The van der Waals surface area contributed by atoms with E-state index in [0.29, 0.717) is 32.3 Å². The molecule has 4 rings (SSSR count). The minimum absolute atomic E-state index is 0.103. The maximum Gasteiger partial charge on any atom is 0.257 e. The summed E-state index contributed by atoms with van der Waals surface area (Å²) in [5, 5.41) is 15.4. The highest BCUT2D eigenvalue weighted by Crippen LogP contribution is 2.27. The number of para-hydroxylation sites is 1. The van der Waals surface area contributed by atoms with E-state index in [9.17, 15) is 4.79 Å². The summed E-state index contributed by atoms with van der Waals surface area (Å²) < 4.78 is 0. The fourth-order valence-corrected chi connectivity index (χ4v) is 3.27. The van der Waals surface area contributed by atoms with Gasteiger partial charge in [0.25, 0.3) is 5.91 Å². The number of nitrogens with one attached hydrogen (secondary N) is 2. The van der Waals surface area contributed by atoms with Gasteiger partial charge in [-0.1, -0.05) is 47.5 Å². The standard InChI is InChI=1S/C20H13Cl2N5OS/c21-13-6-4-5-12(9-13)19(28)24-20(29)23-16-11-18-17(10-15(16)22)25-27(26-18)14-7-2-1-3-8-14/h1-11H,(H2,23,24,28,29). The van der Waals surface area contributed by atoms with Gasteiger partial charge in [-0.2, -0.15) is 4.80 Å². The minimum Gasteiger partial charge on any atom is -0.331 e. The average molecular weight is 442 g/mol. The van der Waals surface area contributed by atoms with Crippen molar-refractivity contribution in [2.75, 3.05) is 5.32 Å². The Morgan fingerprint density at radius 1 is 0.931 bits per heavy atom. The highest BCUT2D eigenvalue weighted by Gasteiger charge is 2.13. The van der Waals surface area contributed by atoms with Crippen LogP contribution in [0.3, 0.4) is 0 Å². The molecule has 0 aliphatic heterocycles. The molecule has 0 atom stereocenters. The molecule has 0 unspecified atom stereocenters. The van der Waals surface area contributed by atoms with Gasteiger partial charge in [-0.05, 0) is 54.7 Å². The summed E-state index contributed by atoms with van der Waals surface area (Å²) >= 11 is 17.5. The van der Waals surface area contributed by atoms with Crippen molar-refractivity contribution in [3.8, 4) is 5.69 Å². The number of fused-ring (bicyclic) bond motifs is 1. The molecule has 144 valence electrons.